The Balaban J connectivity index is 1.70. The van der Waals surface area contributed by atoms with E-state index < -0.39 is 0 Å². The lowest BCUT2D eigenvalue weighted by molar-refractivity contribution is -0.143. The van der Waals surface area contributed by atoms with Gasteiger partial charge < -0.3 is 10.2 Å². The second-order valence-corrected chi connectivity index (χ2v) is 5.70. The first-order chi connectivity index (χ1) is 8.29. The number of rotatable bonds is 2. The summed E-state index contributed by atoms with van der Waals surface area (Å²) in [6, 6.07) is 1.10. The topological polar surface area (TPSA) is 35.6 Å². The molecule has 0 saturated carbocycles. The molecule has 3 aliphatic rings. The third kappa shape index (κ3) is 1.97. The fraction of sp³-hybridized carbons (Fsp3) is 0.923. The molecule has 3 saturated heterocycles. The van der Waals surface area contributed by atoms with Crippen LogP contribution in [0, 0.1) is 5.92 Å². The largest absolute Gasteiger partial charge is 0.337 e. The van der Waals surface area contributed by atoms with Crippen molar-refractivity contribution in [1.82, 2.24) is 15.1 Å². The number of amides is 1. The number of nitrogens with zero attached hydrogens (tertiary/aromatic N) is 2. The fourth-order valence-electron chi connectivity index (χ4n) is 3.40. The minimum atomic E-state index is 0.261. The highest BCUT2D eigenvalue weighted by Gasteiger charge is 2.40. The van der Waals surface area contributed by atoms with Gasteiger partial charge in [0.25, 0.3) is 0 Å². The van der Waals surface area contributed by atoms with E-state index in [2.05, 4.69) is 22.0 Å². The molecular weight excluding hydrogens is 214 g/mol. The predicted molar refractivity (Wildman–Crippen MR) is 66.7 cm³/mol. The minimum Gasteiger partial charge on any atom is -0.337 e. The average molecular weight is 237 g/mol. The van der Waals surface area contributed by atoms with Gasteiger partial charge in [-0.3, -0.25) is 9.69 Å². The van der Waals surface area contributed by atoms with Crippen molar-refractivity contribution in [2.75, 3.05) is 32.7 Å². The van der Waals surface area contributed by atoms with Crippen LogP contribution in [0.1, 0.15) is 26.2 Å². The second kappa shape index (κ2) is 4.58. The summed E-state index contributed by atoms with van der Waals surface area (Å²) in [5.41, 5.74) is 0. The van der Waals surface area contributed by atoms with Crippen LogP contribution in [-0.4, -0.2) is 60.5 Å². The van der Waals surface area contributed by atoms with Gasteiger partial charge >= 0.3 is 0 Å². The Morgan fingerprint density at radius 3 is 2.82 bits per heavy atom. The Morgan fingerprint density at radius 1 is 1.35 bits per heavy atom. The predicted octanol–water partition coefficient (Wildman–Crippen LogP) is 0.291. The van der Waals surface area contributed by atoms with Gasteiger partial charge in [0, 0.05) is 38.3 Å². The Labute approximate surface area is 103 Å². The maximum Gasteiger partial charge on any atom is 0.228 e. The summed E-state index contributed by atoms with van der Waals surface area (Å²) < 4.78 is 0. The van der Waals surface area contributed by atoms with Crippen molar-refractivity contribution in [2.45, 2.75) is 38.3 Å². The number of hydrogen-bond donors (Lipinski definition) is 1. The summed E-state index contributed by atoms with van der Waals surface area (Å²) in [5.74, 6) is 0.666. The van der Waals surface area contributed by atoms with E-state index in [9.17, 15) is 4.79 Å². The Morgan fingerprint density at radius 2 is 2.18 bits per heavy atom. The van der Waals surface area contributed by atoms with Crippen LogP contribution in [0.15, 0.2) is 0 Å². The van der Waals surface area contributed by atoms with Crippen LogP contribution >= 0.6 is 0 Å². The molecule has 3 heterocycles. The second-order valence-electron chi connectivity index (χ2n) is 5.70. The standard InChI is InChI=1S/C13H23N3O/c1-2-11-8-15-5-3-4-12(15)9-16(11)13(17)10-6-14-7-10/h10-12,14H,2-9H2,1H3. The van der Waals surface area contributed by atoms with Gasteiger partial charge in [0.15, 0.2) is 0 Å². The monoisotopic (exact) mass is 237 g/mol. The zero-order valence-corrected chi connectivity index (χ0v) is 10.7. The smallest absolute Gasteiger partial charge is 0.228 e. The van der Waals surface area contributed by atoms with E-state index >= 15 is 0 Å². The summed E-state index contributed by atoms with van der Waals surface area (Å²) in [7, 11) is 0. The highest BCUT2D eigenvalue weighted by Crippen LogP contribution is 2.27. The average Bonchev–Trinajstić information content (AvgIpc) is 2.71. The number of carbonyl (C=O) groups is 1. The van der Waals surface area contributed by atoms with Crippen molar-refractivity contribution in [3.8, 4) is 0 Å². The molecule has 0 bridgehead atoms. The Bertz CT molecular complexity index is 303. The third-order valence-electron chi connectivity index (χ3n) is 4.68. The zero-order chi connectivity index (χ0) is 11.8. The lowest BCUT2D eigenvalue weighted by Gasteiger charge is -2.45. The van der Waals surface area contributed by atoms with Gasteiger partial charge in [0.2, 0.25) is 5.91 Å². The molecule has 3 rings (SSSR count). The van der Waals surface area contributed by atoms with Gasteiger partial charge in [-0.2, -0.15) is 0 Å². The lowest BCUT2D eigenvalue weighted by Crippen LogP contribution is -2.62. The fourth-order valence-corrected chi connectivity index (χ4v) is 3.40. The van der Waals surface area contributed by atoms with Crippen LogP contribution in [0.5, 0.6) is 0 Å². The maximum atomic E-state index is 12.4. The van der Waals surface area contributed by atoms with Gasteiger partial charge in [0.05, 0.1) is 5.92 Å². The molecular formula is C13H23N3O. The highest BCUT2D eigenvalue weighted by atomic mass is 16.2. The molecule has 0 radical (unpaired) electrons. The number of fused-ring (bicyclic) bond motifs is 1. The molecule has 0 aromatic carbocycles. The minimum absolute atomic E-state index is 0.261. The van der Waals surface area contributed by atoms with Gasteiger partial charge in [0.1, 0.15) is 0 Å². The van der Waals surface area contributed by atoms with E-state index in [4.69, 9.17) is 0 Å². The van der Waals surface area contributed by atoms with Crippen LogP contribution in [0.3, 0.4) is 0 Å². The number of piperazine rings is 1. The highest BCUT2D eigenvalue weighted by molar-refractivity contribution is 5.80. The van der Waals surface area contributed by atoms with Crippen molar-refractivity contribution < 1.29 is 4.79 Å². The van der Waals surface area contributed by atoms with Crippen LogP contribution < -0.4 is 5.32 Å². The first kappa shape index (κ1) is 11.5. The van der Waals surface area contributed by atoms with E-state index in [1.54, 1.807) is 0 Å². The molecule has 3 aliphatic heterocycles. The zero-order valence-electron chi connectivity index (χ0n) is 10.7. The van der Waals surface area contributed by atoms with Crippen LogP contribution in [0.4, 0.5) is 0 Å². The molecule has 0 aromatic heterocycles. The quantitative estimate of drug-likeness (QED) is 0.750. The van der Waals surface area contributed by atoms with Crippen molar-refractivity contribution in [3.63, 3.8) is 0 Å². The van der Waals surface area contributed by atoms with Crippen LogP contribution in [0.2, 0.25) is 0 Å². The summed E-state index contributed by atoms with van der Waals surface area (Å²) >= 11 is 0. The summed E-state index contributed by atoms with van der Waals surface area (Å²) in [4.78, 5) is 17.2. The van der Waals surface area contributed by atoms with E-state index in [0.29, 0.717) is 18.0 Å². The van der Waals surface area contributed by atoms with Gasteiger partial charge in [-0.25, -0.2) is 0 Å². The number of hydrogen-bond acceptors (Lipinski definition) is 3. The SMILES string of the molecule is CCC1CN2CCCC2CN1C(=O)C1CNC1. The molecule has 17 heavy (non-hydrogen) atoms. The van der Waals surface area contributed by atoms with Gasteiger partial charge in [-0.15, -0.1) is 0 Å². The Kier molecular flexibility index (Phi) is 3.09. The van der Waals surface area contributed by atoms with E-state index in [-0.39, 0.29) is 5.92 Å². The summed E-state index contributed by atoms with van der Waals surface area (Å²) in [6.07, 6.45) is 3.69. The molecule has 2 atom stereocenters. The van der Waals surface area contributed by atoms with Gasteiger partial charge in [-0.05, 0) is 25.8 Å². The number of carbonyl (C=O) groups excluding carboxylic acids is 1. The molecule has 1 N–H and O–H groups in total. The van der Waals surface area contributed by atoms with E-state index in [0.717, 1.165) is 32.6 Å². The van der Waals surface area contributed by atoms with Gasteiger partial charge in [-0.1, -0.05) is 6.92 Å². The molecule has 0 aromatic rings. The van der Waals surface area contributed by atoms with Crippen LogP contribution in [0.25, 0.3) is 0 Å². The third-order valence-corrected chi connectivity index (χ3v) is 4.68. The molecule has 0 aliphatic carbocycles. The molecule has 96 valence electrons. The molecule has 1 amide bonds. The number of nitrogens with one attached hydrogen (secondary N) is 1. The van der Waals surface area contributed by atoms with Crippen molar-refractivity contribution >= 4 is 5.91 Å². The first-order valence-electron chi connectivity index (χ1n) is 7.05. The molecule has 4 heteroatoms. The van der Waals surface area contributed by atoms with Crippen molar-refractivity contribution in [1.29, 1.82) is 0 Å². The maximum absolute atomic E-state index is 12.4. The molecule has 2 unspecified atom stereocenters. The summed E-state index contributed by atoms with van der Waals surface area (Å²) in [6.45, 7) is 7.32. The Hall–Kier alpha value is -0.610. The first-order valence-corrected chi connectivity index (χ1v) is 7.05. The lowest BCUT2D eigenvalue weighted by atomic mass is 9.97. The molecule has 4 nitrogen and oxygen atoms in total. The van der Waals surface area contributed by atoms with E-state index in [1.807, 2.05) is 0 Å². The normalized spacial score (nSPS) is 34.5. The summed E-state index contributed by atoms with van der Waals surface area (Å²) in [5, 5.41) is 3.20. The van der Waals surface area contributed by atoms with Crippen molar-refractivity contribution in [2.24, 2.45) is 5.92 Å². The van der Waals surface area contributed by atoms with Crippen molar-refractivity contribution in [3.05, 3.63) is 0 Å². The molecule has 3 fully saturated rings. The van der Waals surface area contributed by atoms with Crippen LogP contribution in [-0.2, 0) is 4.79 Å². The molecule has 0 spiro atoms. The van der Waals surface area contributed by atoms with E-state index in [1.165, 1.54) is 19.4 Å².